The van der Waals surface area contributed by atoms with Crippen molar-refractivity contribution in [1.29, 1.82) is 0 Å². The van der Waals surface area contributed by atoms with Gasteiger partial charge in [0.25, 0.3) is 5.91 Å². The second kappa shape index (κ2) is 5.60. The van der Waals surface area contributed by atoms with Crippen LogP contribution in [0.2, 0.25) is 0 Å². The van der Waals surface area contributed by atoms with Crippen LogP contribution in [0.4, 0.5) is 10.1 Å². The molecule has 0 radical (unpaired) electrons. The highest BCUT2D eigenvalue weighted by Gasteiger charge is 2.26. The van der Waals surface area contributed by atoms with Crippen molar-refractivity contribution in [3.8, 4) is 5.75 Å². The highest BCUT2D eigenvalue weighted by Crippen LogP contribution is 2.32. The van der Waals surface area contributed by atoms with E-state index in [2.05, 4.69) is 4.98 Å². The maximum absolute atomic E-state index is 13.4. The summed E-state index contributed by atoms with van der Waals surface area (Å²) in [5, 5.41) is 0.742. The van der Waals surface area contributed by atoms with E-state index in [-0.39, 0.29) is 11.7 Å². The molecule has 24 heavy (non-hydrogen) atoms. The molecule has 1 amide bonds. The monoisotopic (exact) mass is 322 g/mol. The molecular formula is C19H15FN2O2. The summed E-state index contributed by atoms with van der Waals surface area (Å²) in [5.41, 5.74) is 2.41. The van der Waals surface area contributed by atoms with Crippen molar-refractivity contribution < 1.29 is 13.9 Å². The molecular weight excluding hydrogens is 307 g/mol. The Hall–Kier alpha value is -2.95. The molecule has 0 spiro atoms. The number of anilines is 1. The number of pyridine rings is 1. The van der Waals surface area contributed by atoms with Crippen molar-refractivity contribution in [2.45, 2.75) is 6.92 Å². The van der Waals surface area contributed by atoms with Crippen LogP contribution in [-0.2, 0) is 0 Å². The smallest absolute Gasteiger partial charge is 0.260 e. The SMILES string of the molecule is Cc1nc2cc(F)ccc2cc1C(=O)N1CCOc2ccccc21. The molecule has 4 rings (SSSR count). The number of hydrogen-bond donors (Lipinski definition) is 0. The molecule has 1 aliphatic heterocycles. The third kappa shape index (κ3) is 2.38. The fourth-order valence-electron chi connectivity index (χ4n) is 2.98. The lowest BCUT2D eigenvalue weighted by atomic mass is 10.1. The lowest BCUT2D eigenvalue weighted by Crippen LogP contribution is -2.38. The molecule has 1 aromatic heterocycles. The first-order valence-electron chi connectivity index (χ1n) is 7.74. The minimum Gasteiger partial charge on any atom is -0.490 e. The molecule has 0 saturated heterocycles. The fourth-order valence-corrected chi connectivity index (χ4v) is 2.98. The number of carbonyl (C=O) groups is 1. The van der Waals surface area contributed by atoms with Crippen LogP contribution in [0, 0.1) is 12.7 Å². The molecule has 2 heterocycles. The lowest BCUT2D eigenvalue weighted by Gasteiger charge is -2.29. The Morgan fingerprint density at radius 1 is 1.21 bits per heavy atom. The number of aryl methyl sites for hydroxylation is 1. The number of carbonyl (C=O) groups excluding carboxylic acids is 1. The van der Waals surface area contributed by atoms with Crippen molar-refractivity contribution in [3.63, 3.8) is 0 Å². The molecule has 0 saturated carbocycles. The summed E-state index contributed by atoms with van der Waals surface area (Å²) in [5.74, 6) is 0.239. The first-order chi connectivity index (χ1) is 11.6. The average molecular weight is 322 g/mol. The van der Waals surface area contributed by atoms with Gasteiger partial charge in [-0.05, 0) is 37.3 Å². The number of fused-ring (bicyclic) bond motifs is 2. The summed E-state index contributed by atoms with van der Waals surface area (Å²) < 4.78 is 19.0. The Bertz CT molecular complexity index is 955. The van der Waals surface area contributed by atoms with E-state index in [9.17, 15) is 9.18 Å². The van der Waals surface area contributed by atoms with Gasteiger partial charge in [0.2, 0.25) is 0 Å². The molecule has 5 heteroatoms. The summed E-state index contributed by atoms with van der Waals surface area (Å²) in [6, 6.07) is 13.6. The van der Waals surface area contributed by atoms with Gasteiger partial charge in [0.05, 0.1) is 29.0 Å². The van der Waals surface area contributed by atoms with E-state index in [1.165, 1.54) is 12.1 Å². The van der Waals surface area contributed by atoms with E-state index in [0.717, 1.165) is 11.1 Å². The van der Waals surface area contributed by atoms with Gasteiger partial charge in [-0.15, -0.1) is 0 Å². The highest BCUT2D eigenvalue weighted by atomic mass is 19.1. The van der Waals surface area contributed by atoms with Gasteiger partial charge in [-0.3, -0.25) is 9.78 Å². The second-order valence-electron chi connectivity index (χ2n) is 5.73. The van der Waals surface area contributed by atoms with Gasteiger partial charge < -0.3 is 9.64 Å². The minimum absolute atomic E-state index is 0.123. The predicted octanol–water partition coefficient (Wildman–Crippen LogP) is 3.72. The molecule has 0 bridgehead atoms. The van der Waals surface area contributed by atoms with Gasteiger partial charge in [0.15, 0.2) is 0 Å². The first-order valence-corrected chi connectivity index (χ1v) is 7.74. The zero-order valence-corrected chi connectivity index (χ0v) is 13.1. The standard InChI is InChI=1S/C19H15FN2O2/c1-12-15(10-13-6-7-14(20)11-16(13)21-12)19(23)22-8-9-24-18-5-3-2-4-17(18)22/h2-7,10-11H,8-9H2,1H3. The Labute approximate surface area is 138 Å². The van der Waals surface area contributed by atoms with Crippen LogP contribution in [0.25, 0.3) is 10.9 Å². The second-order valence-corrected chi connectivity index (χ2v) is 5.73. The third-order valence-corrected chi connectivity index (χ3v) is 4.17. The summed E-state index contributed by atoms with van der Waals surface area (Å²) in [4.78, 5) is 19.1. The van der Waals surface area contributed by atoms with Gasteiger partial charge in [0, 0.05) is 11.5 Å². The van der Waals surface area contributed by atoms with Crippen molar-refractivity contribution in [3.05, 3.63) is 65.6 Å². The number of hydrogen-bond acceptors (Lipinski definition) is 3. The molecule has 4 nitrogen and oxygen atoms in total. The summed E-state index contributed by atoms with van der Waals surface area (Å²) in [7, 11) is 0. The molecule has 2 aromatic carbocycles. The van der Waals surface area contributed by atoms with Gasteiger partial charge in [-0.1, -0.05) is 12.1 Å². The van der Waals surface area contributed by atoms with E-state index in [1.54, 1.807) is 24.0 Å². The number of ether oxygens (including phenoxy) is 1. The van der Waals surface area contributed by atoms with Gasteiger partial charge >= 0.3 is 0 Å². The van der Waals surface area contributed by atoms with Crippen LogP contribution in [0.3, 0.4) is 0 Å². The summed E-state index contributed by atoms with van der Waals surface area (Å²) in [6.07, 6.45) is 0. The van der Waals surface area contributed by atoms with Crippen LogP contribution in [0.1, 0.15) is 16.1 Å². The number of aromatic nitrogens is 1. The van der Waals surface area contributed by atoms with E-state index in [1.807, 2.05) is 24.3 Å². The van der Waals surface area contributed by atoms with Crippen LogP contribution in [-0.4, -0.2) is 24.0 Å². The third-order valence-electron chi connectivity index (χ3n) is 4.17. The summed E-state index contributed by atoms with van der Waals surface area (Å²) >= 11 is 0. The zero-order chi connectivity index (χ0) is 16.7. The predicted molar refractivity (Wildman–Crippen MR) is 90.1 cm³/mol. The van der Waals surface area contributed by atoms with Crippen LogP contribution < -0.4 is 9.64 Å². The van der Waals surface area contributed by atoms with E-state index in [0.29, 0.717) is 35.7 Å². The maximum atomic E-state index is 13.4. The number of benzene rings is 2. The zero-order valence-electron chi connectivity index (χ0n) is 13.1. The van der Waals surface area contributed by atoms with Gasteiger partial charge in [-0.2, -0.15) is 0 Å². The maximum Gasteiger partial charge on any atom is 0.260 e. The number of amides is 1. The Balaban J connectivity index is 1.79. The van der Waals surface area contributed by atoms with E-state index in [4.69, 9.17) is 4.74 Å². The molecule has 0 atom stereocenters. The molecule has 1 aliphatic rings. The first kappa shape index (κ1) is 14.6. The number of halogens is 1. The van der Waals surface area contributed by atoms with Gasteiger partial charge in [0.1, 0.15) is 18.2 Å². The molecule has 0 unspecified atom stereocenters. The number of para-hydroxylation sites is 2. The number of rotatable bonds is 1. The molecule has 3 aromatic rings. The van der Waals surface area contributed by atoms with Gasteiger partial charge in [-0.25, -0.2) is 4.39 Å². The molecule has 0 fully saturated rings. The number of nitrogens with zero attached hydrogens (tertiary/aromatic N) is 2. The quantitative estimate of drug-likeness (QED) is 0.686. The Morgan fingerprint density at radius 3 is 2.92 bits per heavy atom. The van der Waals surface area contributed by atoms with Crippen LogP contribution in [0.15, 0.2) is 48.5 Å². The summed E-state index contributed by atoms with van der Waals surface area (Å²) in [6.45, 7) is 2.70. The largest absolute Gasteiger partial charge is 0.490 e. The topological polar surface area (TPSA) is 42.4 Å². The van der Waals surface area contributed by atoms with Crippen LogP contribution in [0.5, 0.6) is 5.75 Å². The molecule has 120 valence electrons. The molecule has 0 aliphatic carbocycles. The van der Waals surface area contributed by atoms with E-state index < -0.39 is 0 Å². The minimum atomic E-state index is -0.337. The van der Waals surface area contributed by atoms with Crippen molar-refractivity contribution in [1.82, 2.24) is 4.98 Å². The molecule has 0 N–H and O–H groups in total. The van der Waals surface area contributed by atoms with Crippen molar-refractivity contribution in [2.75, 3.05) is 18.1 Å². The normalized spacial score (nSPS) is 13.5. The van der Waals surface area contributed by atoms with E-state index >= 15 is 0 Å². The Morgan fingerprint density at radius 2 is 2.04 bits per heavy atom. The Kier molecular flexibility index (Phi) is 3.41. The lowest BCUT2D eigenvalue weighted by molar-refractivity contribution is 0.0976. The van der Waals surface area contributed by atoms with Crippen molar-refractivity contribution >= 4 is 22.5 Å². The highest BCUT2D eigenvalue weighted by molar-refractivity contribution is 6.09. The van der Waals surface area contributed by atoms with Crippen molar-refractivity contribution in [2.24, 2.45) is 0 Å². The average Bonchev–Trinajstić information content (AvgIpc) is 2.60. The fraction of sp³-hybridized carbons (Fsp3) is 0.158. The van der Waals surface area contributed by atoms with Crippen LogP contribution >= 0.6 is 0 Å².